The van der Waals surface area contributed by atoms with E-state index in [1.54, 1.807) is 0 Å². The van der Waals surface area contributed by atoms with Gasteiger partial charge in [-0.3, -0.25) is 0 Å². The number of carbonyl (C=O) groups is 1. The topological polar surface area (TPSA) is 38.7 Å². The van der Waals surface area contributed by atoms with Gasteiger partial charge in [-0.05, 0) is 0 Å². The summed E-state index contributed by atoms with van der Waals surface area (Å²) in [6.45, 7) is 4.23. The van der Waals surface area contributed by atoms with E-state index >= 15 is 0 Å². The van der Waals surface area contributed by atoms with Crippen LogP contribution in [-0.4, -0.2) is 31.3 Å². The molecule has 0 amide bonds. The molecule has 118 valence electrons. The fourth-order valence-corrected chi connectivity index (χ4v) is 5.42. The van der Waals surface area contributed by atoms with E-state index in [1.165, 1.54) is 0 Å². The number of hydrogen-bond donors (Lipinski definition) is 0. The predicted molar refractivity (Wildman–Crippen MR) is 93.1 cm³/mol. The first-order chi connectivity index (χ1) is 11.1. The first kappa shape index (κ1) is 16.0. The van der Waals surface area contributed by atoms with Crippen molar-refractivity contribution in [1.82, 2.24) is 0 Å². The summed E-state index contributed by atoms with van der Waals surface area (Å²) in [5.41, 5.74) is 0.857. The van der Waals surface area contributed by atoms with Crippen LogP contribution in [0.4, 0.5) is 0 Å². The number of carbonyl (C=O) groups excluding carboxylic acids is 1. The molecule has 0 spiro atoms. The number of esters is 1. The molecule has 0 aliphatic carbocycles. The average Bonchev–Trinajstić information content (AvgIpc) is 2.85. The van der Waals surface area contributed by atoms with Gasteiger partial charge in [-0.2, -0.15) is 0 Å². The third kappa shape index (κ3) is 3.54. The van der Waals surface area contributed by atoms with Crippen LogP contribution in [0.5, 0.6) is 0 Å². The van der Waals surface area contributed by atoms with Crippen molar-refractivity contribution >= 4 is 31.3 Å². The molecule has 0 saturated carbocycles. The van der Waals surface area contributed by atoms with Gasteiger partial charge in [-0.25, -0.2) is 0 Å². The maximum atomic E-state index is 12.7. The van der Waals surface area contributed by atoms with Crippen molar-refractivity contribution in [3.8, 4) is 0 Å². The van der Waals surface area contributed by atoms with Crippen molar-refractivity contribution in [2.24, 2.45) is 10.9 Å². The van der Waals surface area contributed by atoms with Gasteiger partial charge < -0.3 is 0 Å². The fourth-order valence-electron chi connectivity index (χ4n) is 2.58. The monoisotopic (exact) mass is 373 g/mol. The summed E-state index contributed by atoms with van der Waals surface area (Å²) in [5, 5.41) is 0. The Labute approximate surface area is 142 Å². The van der Waals surface area contributed by atoms with Crippen molar-refractivity contribution in [3.63, 3.8) is 0 Å². The van der Waals surface area contributed by atoms with Gasteiger partial charge in [0, 0.05) is 0 Å². The third-order valence-corrected chi connectivity index (χ3v) is 6.19. The van der Waals surface area contributed by atoms with Crippen LogP contribution in [0.1, 0.15) is 25.8 Å². The summed E-state index contributed by atoms with van der Waals surface area (Å²) >= 11 is -0.105. The van der Waals surface area contributed by atoms with Crippen molar-refractivity contribution in [2.45, 2.75) is 24.7 Å². The molecule has 0 fully saturated rings. The van der Waals surface area contributed by atoms with E-state index in [-0.39, 0.29) is 20.9 Å². The zero-order chi connectivity index (χ0) is 16.3. The van der Waals surface area contributed by atoms with E-state index in [2.05, 4.69) is 26.0 Å². The summed E-state index contributed by atoms with van der Waals surface area (Å²) in [4.78, 5) is 17.5. The van der Waals surface area contributed by atoms with Crippen LogP contribution in [0.25, 0.3) is 0 Å². The Morgan fingerprint density at radius 1 is 1.04 bits per heavy atom. The molecule has 0 radical (unpaired) electrons. The Morgan fingerprint density at radius 2 is 1.65 bits per heavy atom. The van der Waals surface area contributed by atoms with Crippen molar-refractivity contribution < 1.29 is 9.53 Å². The number of rotatable bonds is 5. The molecule has 2 aromatic carbocycles. The molecule has 0 saturated heterocycles. The second-order valence-corrected chi connectivity index (χ2v) is 8.80. The van der Waals surface area contributed by atoms with E-state index in [1.807, 2.05) is 48.5 Å². The minimum atomic E-state index is -0.756. The fraction of sp³-hybridized carbons (Fsp3) is 0.263. The number of ether oxygens (including phenoxy) is 1. The molecule has 23 heavy (non-hydrogen) atoms. The molecule has 1 aliphatic rings. The normalized spacial score (nSPS) is 20.5. The predicted octanol–water partition coefficient (Wildman–Crippen LogP) is 2.76. The molecule has 2 aromatic rings. The van der Waals surface area contributed by atoms with Crippen LogP contribution in [0.3, 0.4) is 0 Å². The second-order valence-electron chi connectivity index (χ2n) is 5.97. The standard InChI is InChI=1S/C19H19NO2Se/c1-14(2)13-19(23-16-11-7-4-8-12-16)18(21)22-17(20-19)15-9-5-3-6-10-15/h3-12,14H,13H2,1-2H3. The molecule has 1 atom stereocenters. The van der Waals surface area contributed by atoms with Crippen LogP contribution in [0.15, 0.2) is 65.7 Å². The van der Waals surface area contributed by atoms with E-state index in [4.69, 9.17) is 9.73 Å². The molecule has 1 aliphatic heterocycles. The minimum absolute atomic E-state index is 0.105. The van der Waals surface area contributed by atoms with Crippen LogP contribution in [0.2, 0.25) is 0 Å². The number of aliphatic imine (C=N–C) groups is 1. The van der Waals surface area contributed by atoms with E-state index < -0.39 is 4.44 Å². The van der Waals surface area contributed by atoms with E-state index in [0.717, 1.165) is 10.0 Å². The third-order valence-electron chi connectivity index (χ3n) is 3.53. The van der Waals surface area contributed by atoms with E-state index in [9.17, 15) is 4.79 Å². The second kappa shape index (κ2) is 6.69. The molecule has 4 heteroatoms. The van der Waals surface area contributed by atoms with Gasteiger partial charge in [0.15, 0.2) is 0 Å². The molecule has 1 unspecified atom stereocenters. The Morgan fingerprint density at radius 3 is 2.26 bits per heavy atom. The summed E-state index contributed by atoms with van der Waals surface area (Å²) < 4.78 is 5.97. The molecule has 3 rings (SSSR count). The van der Waals surface area contributed by atoms with Gasteiger partial charge >= 0.3 is 143 Å². The molecule has 0 aromatic heterocycles. The molecular weight excluding hydrogens is 353 g/mol. The van der Waals surface area contributed by atoms with Gasteiger partial charge in [-0.15, -0.1) is 0 Å². The zero-order valence-corrected chi connectivity index (χ0v) is 14.9. The first-order valence-electron chi connectivity index (χ1n) is 7.71. The SMILES string of the molecule is CC(C)CC1([Se]c2ccccc2)N=C(c2ccccc2)OC1=O. The average molecular weight is 372 g/mol. The van der Waals surface area contributed by atoms with E-state index in [0.29, 0.717) is 18.2 Å². The van der Waals surface area contributed by atoms with Crippen LogP contribution in [0, 0.1) is 5.92 Å². The molecule has 0 N–H and O–H groups in total. The first-order valence-corrected chi connectivity index (χ1v) is 9.42. The van der Waals surface area contributed by atoms with Crippen LogP contribution < -0.4 is 4.46 Å². The zero-order valence-electron chi connectivity index (χ0n) is 13.2. The maximum absolute atomic E-state index is 12.7. The van der Waals surface area contributed by atoms with Crippen molar-refractivity contribution in [1.29, 1.82) is 0 Å². The van der Waals surface area contributed by atoms with Gasteiger partial charge in [0.2, 0.25) is 0 Å². The van der Waals surface area contributed by atoms with Crippen molar-refractivity contribution in [2.75, 3.05) is 0 Å². The number of benzene rings is 2. The summed E-state index contributed by atoms with van der Waals surface area (Å²) in [5.74, 6) is 0.606. The molecule has 0 bridgehead atoms. The molecular formula is C19H19NO2Se. The quantitative estimate of drug-likeness (QED) is 0.598. The van der Waals surface area contributed by atoms with Crippen LogP contribution in [-0.2, 0) is 9.53 Å². The summed E-state index contributed by atoms with van der Waals surface area (Å²) in [6, 6.07) is 19.8. The van der Waals surface area contributed by atoms with Gasteiger partial charge in [-0.1, -0.05) is 0 Å². The summed E-state index contributed by atoms with van der Waals surface area (Å²) in [7, 11) is 0. The molecule has 1 heterocycles. The van der Waals surface area contributed by atoms with Gasteiger partial charge in [0.1, 0.15) is 0 Å². The Kier molecular flexibility index (Phi) is 4.65. The van der Waals surface area contributed by atoms with Gasteiger partial charge in [0.05, 0.1) is 0 Å². The van der Waals surface area contributed by atoms with Crippen LogP contribution >= 0.6 is 0 Å². The molecule has 3 nitrogen and oxygen atoms in total. The Balaban J connectivity index is 1.98. The number of hydrogen-bond acceptors (Lipinski definition) is 3. The number of cyclic esters (lactones) is 1. The van der Waals surface area contributed by atoms with Gasteiger partial charge in [0.25, 0.3) is 0 Å². The number of nitrogens with zero attached hydrogens (tertiary/aromatic N) is 1. The Hall–Kier alpha value is -1.90. The summed E-state index contributed by atoms with van der Waals surface area (Å²) in [6.07, 6.45) is 0.705. The van der Waals surface area contributed by atoms with Crippen molar-refractivity contribution in [3.05, 3.63) is 66.2 Å². The Bertz CT molecular complexity index is 713.